The van der Waals surface area contributed by atoms with Crippen molar-refractivity contribution in [3.63, 3.8) is 0 Å². The normalized spacial score (nSPS) is 10.9. The molecule has 0 fully saturated rings. The predicted octanol–water partition coefficient (Wildman–Crippen LogP) is 4.35. The zero-order valence-electron chi connectivity index (χ0n) is 11.4. The molecule has 2 aromatic rings. The van der Waals surface area contributed by atoms with Crippen LogP contribution in [-0.4, -0.2) is 12.9 Å². The van der Waals surface area contributed by atoms with Crippen LogP contribution in [0.5, 0.6) is 5.75 Å². The van der Waals surface area contributed by atoms with Gasteiger partial charge in [0.15, 0.2) is 17.3 Å². The number of methoxy groups -OCH3 is 1. The Kier molecular flexibility index (Phi) is 4.69. The molecule has 20 heavy (non-hydrogen) atoms. The van der Waals surface area contributed by atoms with E-state index in [4.69, 9.17) is 4.74 Å². The first-order valence-electron chi connectivity index (χ1n) is 6.28. The first-order valence-corrected chi connectivity index (χ1v) is 7.10. The summed E-state index contributed by atoms with van der Waals surface area (Å²) in [7, 11) is 1.42. The van der Waals surface area contributed by atoms with E-state index in [9.17, 15) is 9.18 Å². The van der Waals surface area contributed by atoms with E-state index < -0.39 is 5.82 Å². The number of hydrogen-bond acceptors (Lipinski definition) is 3. The standard InChI is InChI=1S/C16H15FO2S/c1-3-12-6-9-16(20-12)14(18)7-4-11-5-8-15(19-2)13(17)10-11/h4-10H,3H2,1-2H3. The molecule has 0 amide bonds. The van der Waals surface area contributed by atoms with Gasteiger partial charge in [0.1, 0.15) is 0 Å². The van der Waals surface area contributed by atoms with Crippen molar-refractivity contribution in [3.8, 4) is 5.75 Å². The Balaban J connectivity index is 2.12. The van der Waals surface area contributed by atoms with Gasteiger partial charge in [-0.2, -0.15) is 0 Å². The van der Waals surface area contributed by atoms with Crippen molar-refractivity contribution in [3.05, 3.63) is 57.5 Å². The van der Waals surface area contributed by atoms with E-state index in [1.165, 1.54) is 35.5 Å². The summed E-state index contributed by atoms with van der Waals surface area (Å²) in [5.74, 6) is -0.309. The second kappa shape index (κ2) is 6.48. The van der Waals surface area contributed by atoms with E-state index in [0.717, 1.165) is 6.42 Å². The third-order valence-corrected chi connectivity index (χ3v) is 4.10. The van der Waals surface area contributed by atoms with Crippen molar-refractivity contribution in [1.82, 2.24) is 0 Å². The molecule has 0 unspecified atom stereocenters. The first kappa shape index (κ1) is 14.5. The molecule has 0 bridgehead atoms. The minimum atomic E-state index is -0.438. The molecule has 1 aromatic heterocycles. The minimum Gasteiger partial charge on any atom is -0.494 e. The molecule has 0 aliphatic rings. The summed E-state index contributed by atoms with van der Waals surface area (Å²) in [4.78, 5) is 13.8. The summed E-state index contributed by atoms with van der Waals surface area (Å²) < 4.78 is 18.4. The van der Waals surface area contributed by atoms with E-state index >= 15 is 0 Å². The van der Waals surface area contributed by atoms with Gasteiger partial charge in [0.25, 0.3) is 0 Å². The minimum absolute atomic E-state index is 0.0640. The van der Waals surface area contributed by atoms with Crippen LogP contribution < -0.4 is 4.74 Å². The summed E-state index contributed by atoms with van der Waals surface area (Å²) in [6.45, 7) is 2.05. The van der Waals surface area contributed by atoms with Gasteiger partial charge in [0.05, 0.1) is 12.0 Å². The zero-order valence-corrected chi connectivity index (χ0v) is 12.2. The van der Waals surface area contributed by atoms with Crippen molar-refractivity contribution in [2.45, 2.75) is 13.3 Å². The van der Waals surface area contributed by atoms with Gasteiger partial charge in [-0.1, -0.05) is 19.1 Å². The lowest BCUT2D eigenvalue weighted by molar-refractivity contribution is 0.105. The molecule has 2 nitrogen and oxygen atoms in total. The van der Waals surface area contributed by atoms with E-state index in [1.54, 1.807) is 18.2 Å². The van der Waals surface area contributed by atoms with Gasteiger partial charge in [0, 0.05) is 4.88 Å². The van der Waals surface area contributed by atoms with Gasteiger partial charge in [-0.05, 0) is 42.3 Å². The second-order valence-corrected chi connectivity index (χ2v) is 5.38. The quantitative estimate of drug-likeness (QED) is 0.604. The Bertz CT molecular complexity index is 644. The molecule has 2 rings (SSSR count). The van der Waals surface area contributed by atoms with Crippen molar-refractivity contribution < 1.29 is 13.9 Å². The number of carbonyl (C=O) groups is 1. The molecule has 1 aromatic carbocycles. The lowest BCUT2D eigenvalue weighted by atomic mass is 10.1. The van der Waals surface area contributed by atoms with Crippen molar-refractivity contribution >= 4 is 23.2 Å². The Morgan fingerprint density at radius 3 is 2.75 bits per heavy atom. The molecule has 4 heteroatoms. The number of carbonyl (C=O) groups excluding carboxylic acids is 1. The number of hydrogen-bond donors (Lipinski definition) is 0. The fourth-order valence-electron chi connectivity index (χ4n) is 1.74. The fourth-order valence-corrected chi connectivity index (χ4v) is 2.61. The fraction of sp³-hybridized carbons (Fsp3) is 0.188. The van der Waals surface area contributed by atoms with Gasteiger partial charge >= 0.3 is 0 Å². The van der Waals surface area contributed by atoms with Gasteiger partial charge < -0.3 is 4.74 Å². The molecule has 0 radical (unpaired) electrons. The van der Waals surface area contributed by atoms with E-state index in [1.807, 2.05) is 12.1 Å². The number of thiophene rings is 1. The second-order valence-electron chi connectivity index (χ2n) is 4.21. The molecule has 0 atom stereocenters. The van der Waals surface area contributed by atoms with Crippen LogP contribution in [0.25, 0.3) is 6.08 Å². The molecule has 0 spiro atoms. The highest BCUT2D eigenvalue weighted by atomic mass is 32.1. The van der Waals surface area contributed by atoms with Crippen LogP contribution in [0.15, 0.2) is 36.4 Å². The van der Waals surface area contributed by atoms with Crippen molar-refractivity contribution in [1.29, 1.82) is 0 Å². The van der Waals surface area contributed by atoms with Crippen LogP contribution in [0.4, 0.5) is 4.39 Å². The van der Waals surface area contributed by atoms with Gasteiger partial charge in [0.2, 0.25) is 0 Å². The summed E-state index contributed by atoms with van der Waals surface area (Å²) in [6.07, 6.45) is 3.99. The average Bonchev–Trinajstić information content (AvgIpc) is 2.94. The topological polar surface area (TPSA) is 26.3 Å². The average molecular weight is 290 g/mol. The molecule has 1 heterocycles. The van der Waals surface area contributed by atoms with Gasteiger partial charge in [-0.25, -0.2) is 4.39 Å². The Hall–Kier alpha value is -1.94. The number of ketones is 1. The third-order valence-electron chi connectivity index (χ3n) is 2.86. The molecule has 0 saturated carbocycles. The van der Waals surface area contributed by atoms with Crippen LogP contribution in [-0.2, 0) is 6.42 Å². The van der Waals surface area contributed by atoms with Gasteiger partial charge in [-0.3, -0.25) is 4.79 Å². The largest absolute Gasteiger partial charge is 0.494 e. The maximum Gasteiger partial charge on any atom is 0.195 e. The number of benzene rings is 1. The summed E-state index contributed by atoms with van der Waals surface area (Å²) in [5.41, 5.74) is 0.629. The van der Waals surface area contributed by atoms with E-state index in [2.05, 4.69) is 6.92 Å². The number of halogens is 1. The molecule has 0 saturated heterocycles. The molecule has 0 aliphatic heterocycles. The number of allylic oxidation sites excluding steroid dienone is 1. The maximum atomic E-state index is 13.5. The predicted molar refractivity (Wildman–Crippen MR) is 80.0 cm³/mol. The number of rotatable bonds is 5. The SMILES string of the molecule is CCc1ccc(C(=O)C=Cc2ccc(OC)c(F)c2)s1. The van der Waals surface area contributed by atoms with Crippen LogP contribution in [0, 0.1) is 5.82 Å². The Morgan fingerprint density at radius 1 is 1.35 bits per heavy atom. The van der Waals surface area contributed by atoms with Crippen LogP contribution in [0.3, 0.4) is 0 Å². The summed E-state index contributed by atoms with van der Waals surface area (Å²) >= 11 is 1.49. The lowest BCUT2D eigenvalue weighted by Crippen LogP contribution is -1.90. The van der Waals surface area contributed by atoms with E-state index in [0.29, 0.717) is 10.4 Å². The monoisotopic (exact) mass is 290 g/mol. The lowest BCUT2D eigenvalue weighted by Gasteiger charge is -2.01. The number of aryl methyl sites for hydroxylation is 1. The highest BCUT2D eigenvalue weighted by molar-refractivity contribution is 7.14. The Labute approximate surface area is 121 Å². The van der Waals surface area contributed by atoms with Crippen LogP contribution >= 0.6 is 11.3 Å². The van der Waals surface area contributed by atoms with Crippen molar-refractivity contribution in [2.75, 3.05) is 7.11 Å². The van der Waals surface area contributed by atoms with Crippen molar-refractivity contribution in [2.24, 2.45) is 0 Å². The first-order chi connectivity index (χ1) is 9.63. The molecular formula is C16H15FO2S. The van der Waals surface area contributed by atoms with Gasteiger partial charge in [-0.15, -0.1) is 11.3 Å². The molecule has 104 valence electrons. The van der Waals surface area contributed by atoms with Crippen LogP contribution in [0.1, 0.15) is 27.0 Å². The highest BCUT2D eigenvalue weighted by Crippen LogP contribution is 2.20. The number of ether oxygens (including phenoxy) is 1. The summed E-state index contributed by atoms with van der Waals surface area (Å²) in [6, 6.07) is 8.37. The molecule has 0 aliphatic carbocycles. The molecule has 0 N–H and O–H groups in total. The molecular weight excluding hydrogens is 275 g/mol. The Morgan fingerprint density at radius 2 is 2.15 bits per heavy atom. The third kappa shape index (κ3) is 3.33. The smallest absolute Gasteiger partial charge is 0.195 e. The maximum absolute atomic E-state index is 13.5. The van der Waals surface area contributed by atoms with E-state index in [-0.39, 0.29) is 11.5 Å². The zero-order chi connectivity index (χ0) is 14.5. The summed E-state index contributed by atoms with van der Waals surface area (Å²) in [5, 5.41) is 0. The van der Waals surface area contributed by atoms with Crippen LogP contribution in [0.2, 0.25) is 0 Å². The highest BCUT2D eigenvalue weighted by Gasteiger charge is 2.06.